The van der Waals surface area contributed by atoms with Gasteiger partial charge in [0.25, 0.3) is 10.2 Å². The second kappa shape index (κ2) is 5.39. The lowest BCUT2D eigenvalue weighted by molar-refractivity contribution is 0.0336. The Hall–Kier alpha value is -0.900. The van der Waals surface area contributed by atoms with E-state index < -0.39 is 16.3 Å². The molecule has 8 nitrogen and oxygen atoms in total. The van der Waals surface area contributed by atoms with Gasteiger partial charge in [0.2, 0.25) is 0 Å². The molecule has 0 spiro atoms. The molecule has 0 bridgehead atoms. The zero-order valence-electron chi connectivity index (χ0n) is 10.0. The first-order valence-corrected chi connectivity index (χ1v) is 7.29. The fraction of sp³-hybridized carbons (Fsp3) is 0.889. The first-order valence-electron chi connectivity index (χ1n) is 5.90. The molecule has 3 N–H and O–H groups in total. The topological polar surface area (TPSA) is 108 Å². The molecular formula is C9H18N4O4S. The standard InChI is InChI=1S/C9H18N4O4S/c10-9(11-14)8-7-13(5-6-17-8)18(15,16)12-3-1-2-4-12/h8,14H,1-7H2,(H2,10,11). The molecule has 2 saturated heterocycles. The van der Waals surface area contributed by atoms with Crippen molar-refractivity contribution in [2.24, 2.45) is 10.9 Å². The van der Waals surface area contributed by atoms with Gasteiger partial charge in [-0.05, 0) is 12.8 Å². The van der Waals surface area contributed by atoms with Crippen molar-refractivity contribution in [2.45, 2.75) is 18.9 Å². The molecule has 2 rings (SSSR count). The number of nitrogens with zero attached hydrogens (tertiary/aromatic N) is 3. The van der Waals surface area contributed by atoms with Crippen LogP contribution in [0.5, 0.6) is 0 Å². The van der Waals surface area contributed by atoms with Crippen LogP contribution in [0.4, 0.5) is 0 Å². The van der Waals surface area contributed by atoms with E-state index in [-0.39, 0.29) is 19.0 Å². The molecule has 2 aliphatic rings. The minimum Gasteiger partial charge on any atom is -0.409 e. The van der Waals surface area contributed by atoms with Crippen molar-refractivity contribution in [1.29, 1.82) is 0 Å². The molecule has 104 valence electrons. The summed E-state index contributed by atoms with van der Waals surface area (Å²) < 4.78 is 32.7. The van der Waals surface area contributed by atoms with Crippen LogP contribution in [-0.2, 0) is 14.9 Å². The Kier molecular flexibility index (Phi) is 4.05. The SMILES string of the molecule is NC(=NO)C1CN(S(=O)(=O)N2CCCC2)CCO1. The number of rotatable bonds is 3. The summed E-state index contributed by atoms with van der Waals surface area (Å²) in [6.45, 7) is 1.76. The smallest absolute Gasteiger partial charge is 0.282 e. The van der Waals surface area contributed by atoms with Crippen LogP contribution < -0.4 is 5.73 Å². The van der Waals surface area contributed by atoms with Crippen LogP contribution >= 0.6 is 0 Å². The average Bonchev–Trinajstić information content (AvgIpc) is 2.92. The molecule has 2 fully saturated rings. The van der Waals surface area contributed by atoms with Crippen LogP contribution in [0.2, 0.25) is 0 Å². The Balaban J connectivity index is 2.08. The third-order valence-electron chi connectivity index (χ3n) is 3.19. The van der Waals surface area contributed by atoms with E-state index in [0.29, 0.717) is 19.6 Å². The maximum atomic E-state index is 12.3. The molecule has 0 aromatic heterocycles. The molecule has 0 aliphatic carbocycles. The maximum Gasteiger partial charge on any atom is 0.282 e. The third-order valence-corrected chi connectivity index (χ3v) is 5.19. The molecule has 18 heavy (non-hydrogen) atoms. The summed E-state index contributed by atoms with van der Waals surface area (Å²) in [7, 11) is -3.44. The molecule has 9 heteroatoms. The van der Waals surface area contributed by atoms with Crippen molar-refractivity contribution in [2.75, 3.05) is 32.8 Å². The Bertz CT molecular complexity index is 418. The maximum absolute atomic E-state index is 12.3. The van der Waals surface area contributed by atoms with E-state index in [1.807, 2.05) is 0 Å². The van der Waals surface area contributed by atoms with E-state index in [1.165, 1.54) is 8.61 Å². The van der Waals surface area contributed by atoms with Gasteiger partial charge < -0.3 is 15.7 Å². The van der Waals surface area contributed by atoms with Gasteiger partial charge >= 0.3 is 0 Å². The Labute approximate surface area is 106 Å². The van der Waals surface area contributed by atoms with Crippen LogP contribution in [-0.4, -0.2) is 67.0 Å². The highest BCUT2D eigenvalue weighted by Crippen LogP contribution is 2.19. The second-order valence-corrected chi connectivity index (χ2v) is 6.28. The van der Waals surface area contributed by atoms with Gasteiger partial charge in [0.05, 0.1) is 6.61 Å². The molecular weight excluding hydrogens is 260 g/mol. The number of nitrogens with two attached hydrogens (primary N) is 1. The van der Waals surface area contributed by atoms with Crippen LogP contribution in [0.25, 0.3) is 0 Å². The van der Waals surface area contributed by atoms with Gasteiger partial charge in [-0.1, -0.05) is 5.16 Å². The van der Waals surface area contributed by atoms with Gasteiger partial charge in [0.15, 0.2) is 5.84 Å². The largest absolute Gasteiger partial charge is 0.409 e. The Morgan fingerprint density at radius 3 is 2.56 bits per heavy atom. The molecule has 1 atom stereocenters. The van der Waals surface area contributed by atoms with Gasteiger partial charge in [-0.2, -0.15) is 17.0 Å². The predicted molar refractivity (Wildman–Crippen MR) is 64.4 cm³/mol. The Morgan fingerprint density at radius 1 is 1.28 bits per heavy atom. The summed E-state index contributed by atoms with van der Waals surface area (Å²) >= 11 is 0. The zero-order valence-corrected chi connectivity index (χ0v) is 10.8. The minimum absolute atomic E-state index is 0.0920. The fourth-order valence-electron chi connectivity index (χ4n) is 2.16. The molecule has 0 aromatic carbocycles. The predicted octanol–water partition coefficient (Wildman–Crippen LogP) is -1.23. The number of ether oxygens (including phenoxy) is 1. The van der Waals surface area contributed by atoms with Gasteiger partial charge in [0.1, 0.15) is 6.10 Å². The van der Waals surface area contributed by atoms with Crippen LogP contribution in [0.15, 0.2) is 5.16 Å². The quantitative estimate of drug-likeness (QED) is 0.291. The monoisotopic (exact) mass is 278 g/mol. The first-order chi connectivity index (χ1) is 8.55. The summed E-state index contributed by atoms with van der Waals surface area (Å²) in [5, 5.41) is 11.5. The average molecular weight is 278 g/mol. The summed E-state index contributed by atoms with van der Waals surface area (Å²) in [5.41, 5.74) is 5.45. The Morgan fingerprint density at radius 2 is 1.94 bits per heavy atom. The molecule has 1 unspecified atom stereocenters. The molecule has 0 amide bonds. The van der Waals surface area contributed by atoms with Crippen molar-refractivity contribution in [3.05, 3.63) is 0 Å². The molecule has 2 aliphatic heterocycles. The number of oxime groups is 1. The summed E-state index contributed by atoms with van der Waals surface area (Å²) in [6.07, 6.45) is 1.11. The van der Waals surface area contributed by atoms with Gasteiger partial charge in [-0.25, -0.2) is 0 Å². The van der Waals surface area contributed by atoms with Gasteiger partial charge in [0, 0.05) is 26.2 Å². The summed E-state index contributed by atoms with van der Waals surface area (Å²) in [6, 6.07) is 0. The highest BCUT2D eigenvalue weighted by Gasteiger charge is 2.36. The summed E-state index contributed by atoms with van der Waals surface area (Å²) in [4.78, 5) is 0. The highest BCUT2D eigenvalue weighted by molar-refractivity contribution is 7.86. The normalized spacial score (nSPS) is 28.7. The van der Waals surface area contributed by atoms with Crippen molar-refractivity contribution in [3.63, 3.8) is 0 Å². The molecule has 0 radical (unpaired) electrons. The van der Waals surface area contributed by atoms with Crippen LogP contribution in [0, 0.1) is 0 Å². The fourth-order valence-corrected chi connectivity index (χ4v) is 3.84. The van der Waals surface area contributed by atoms with E-state index in [1.54, 1.807) is 0 Å². The highest BCUT2D eigenvalue weighted by atomic mass is 32.2. The van der Waals surface area contributed by atoms with Crippen LogP contribution in [0.1, 0.15) is 12.8 Å². The lowest BCUT2D eigenvalue weighted by Gasteiger charge is -2.33. The minimum atomic E-state index is -3.44. The van der Waals surface area contributed by atoms with E-state index in [0.717, 1.165) is 12.8 Å². The molecule has 0 saturated carbocycles. The van der Waals surface area contributed by atoms with E-state index in [9.17, 15) is 8.42 Å². The van der Waals surface area contributed by atoms with Crippen molar-refractivity contribution >= 4 is 16.0 Å². The van der Waals surface area contributed by atoms with Crippen molar-refractivity contribution in [3.8, 4) is 0 Å². The van der Waals surface area contributed by atoms with Gasteiger partial charge in [-0.3, -0.25) is 0 Å². The van der Waals surface area contributed by atoms with E-state index in [2.05, 4.69) is 5.16 Å². The number of hydrogen-bond donors (Lipinski definition) is 2. The number of hydrogen-bond acceptors (Lipinski definition) is 5. The zero-order chi connectivity index (χ0) is 13.2. The second-order valence-electron chi connectivity index (χ2n) is 4.36. The van der Waals surface area contributed by atoms with Crippen molar-refractivity contribution in [1.82, 2.24) is 8.61 Å². The number of amidine groups is 1. The van der Waals surface area contributed by atoms with E-state index >= 15 is 0 Å². The summed E-state index contributed by atoms with van der Waals surface area (Å²) in [5.74, 6) is -0.101. The van der Waals surface area contributed by atoms with Crippen molar-refractivity contribution < 1.29 is 18.4 Å². The van der Waals surface area contributed by atoms with E-state index in [4.69, 9.17) is 15.7 Å². The van der Waals surface area contributed by atoms with Crippen LogP contribution in [0.3, 0.4) is 0 Å². The first kappa shape index (κ1) is 13.5. The lowest BCUT2D eigenvalue weighted by atomic mass is 10.3. The van der Waals surface area contributed by atoms with Gasteiger partial charge in [-0.15, -0.1) is 0 Å². The lowest BCUT2D eigenvalue weighted by Crippen LogP contribution is -2.53. The molecule has 2 heterocycles. The molecule has 0 aromatic rings. The number of morpholine rings is 1. The third kappa shape index (κ3) is 2.58.